The van der Waals surface area contributed by atoms with Crippen molar-refractivity contribution in [3.05, 3.63) is 35.6 Å². The molecule has 0 radical (unpaired) electrons. The number of halogens is 1. The van der Waals surface area contributed by atoms with Gasteiger partial charge in [0.2, 0.25) is 0 Å². The van der Waals surface area contributed by atoms with Gasteiger partial charge in [-0.25, -0.2) is 4.39 Å². The van der Waals surface area contributed by atoms with E-state index in [1.807, 2.05) is 0 Å². The van der Waals surface area contributed by atoms with Crippen molar-refractivity contribution in [1.82, 2.24) is 0 Å². The normalized spacial score (nSPS) is 11.3. The first-order valence-electron chi connectivity index (χ1n) is 6.04. The molecule has 0 fully saturated rings. The summed E-state index contributed by atoms with van der Waals surface area (Å²) in [5.41, 5.74) is 0.690. The average Bonchev–Trinajstić information content (AvgIpc) is 2.34. The second kappa shape index (κ2) is 7.50. The molecule has 1 aromatic carbocycles. The molecule has 0 aromatic heterocycles. The van der Waals surface area contributed by atoms with E-state index in [-0.39, 0.29) is 5.82 Å². The molecular formula is C15H17FO2. The predicted molar refractivity (Wildman–Crippen MR) is 68.2 cm³/mol. The highest BCUT2D eigenvalue weighted by atomic mass is 19.1. The van der Waals surface area contributed by atoms with E-state index >= 15 is 0 Å². The topological polar surface area (TPSA) is 26.3 Å². The maximum atomic E-state index is 12.8. The maximum Gasteiger partial charge on any atom is 0.304 e. The highest BCUT2D eigenvalue weighted by molar-refractivity contribution is 5.66. The molecule has 2 nitrogen and oxygen atoms in total. The first-order valence-corrected chi connectivity index (χ1v) is 6.04. The van der Waals surface area contributed by atoms with Gasteiger partial charge in [0.15, 0.2) is 6.10 Å². The van der Waals surface area contributed by atoms with Gasteiger partial charge in [0.05, 0.1) is 0 Å². The maximum absolute atomic E-state index is 12.8. The first-order chi connectivity index (χ1) is 8.63. The SMILES string of the molecule is CCCCC#CC(OC(C)=O)c1ccc(F)cc1. The van der Waals surface area contributed by atoms with Gasteiger partial charge >= 0.3 is 5.97 Å². The summed E-state index contributed by atoms with van der Waals surface area (Å²) < 4.78 is 17.9. The highest BCUT2D eigenvalue weighted by Gasteiger charge is 2.11. The predicted octanol–water partition coefficient (Wildman–Crippen LogP) is 3.62. The number of carbonyl (C=O) groups excluding carboxylic acids is 1. The summed E-state index contributed by atoms with van der Waals surface area (Å²) >= 11 is 0. The number of esters is 1. The summed E-state index contributed by atoms with van der Waals surface area (Å²) in [6.07, 6.45) is 2.25. The Morgan fingerprint density at radius 1 is 1.39 bits per heavy atom. The van der Waals surface area contributed by atoms with Crippen LogP contribution in [-0.2, 0) is 9.53 Å². The lowest BCUT2D eigenvalue weighted by Crippen LogP contribution is -2.06. The molecule has 0 aliphatic carbocycles. The second-order valence-corrected chi connectivity index (χ2v) is 3.97. The Morgan fingerprint density at radius 3 is 2.61 bits per heavy atom. The number of unbranched alkanes of at least 4 members (excludes halogenated alkanes) is 2. The van der Waals surface area contributed by atoms with Gasteiger partial charge in [0, 0.05) is 18.9 Å². The second-order valence-electron chi connectivity index (χ2n) is 3.97. The van der Waals surface area contributed by atoms with Gasteiger partial charge in [-0.3, -0.25) is 4.79 Å². The lowest BCUT2D eigenvalue weighted by molar-refractivity contribution is -0.144. The largest absolute Gasteiger partial charge is 0.444 e. The molecule has 0 aliphatic heterocycles. The summed E-state index contributed by atoms with van der Waals surface area (Å²) in [6, 6.07) is 5.83. The summed E-state index contributed by atoms with van der Waals surface area (Å²) in [5.74, 6) is 5.18. The third kappa shape index (κ3) is 5.01. The minimum Gasteiger partial charge on any atom is -0.444 e. The summed E-state index contributed by atoms with van der Waals surface area (Å²) in [7, 11) is 0. The van der Waals surface area contributed by atoms with Crippen molar-refractivity contribution in [1.29, 1.82) is 0 Å². The standard InChI is InChI=1S/C15H17FO2/c1-3-4-5-6-7-15(18-12(2)17)13-8-10-14(16)11-9-13/h8-11,15H,3-5H2,1-2H3. The Hall–Kier alpha value is -1.82. The molecule has 18 heavy (non-hydrogen) atoms. The number of hydrogen-bond donors (Lipinski definition) is 0. The molecule has 0 spiro atoms. The average molecular weight is 248 g/mol. The van der Waals surface area contributed by atoms with E-state index in [0.29, 0.717) is 5.56 Å². The first kappa shape index (κ1) is 14.2. The van der Waals surface area contributed by atoms with Crippen LogP contribution in [0.3, 0.4) is 0 Å². The van der Waals surface area contributed by atoms with E-state index in [4.69, 9.17) is 4.74 Å². The summed E-state index contributed by atoms with van der Waals surface area (Å²) in [5, 5.41) is 0. The fraction of sp³-hybridized carbons (Fsp3) is 0.400. The van der Waals surface area contributed by atoms with Gasteiger partial charge in [-0.05, 0) is 18.6 Å². The number of benzene rings is 1. The van der Waals surface area contributed by atoms with Crippen LogP contribution in [0.2, 0.25) is 0 Å². The van der Waals surface area contributed by atoms with Gasteiger partial charge < -0.3 is 4.74 Å². The summed E-state index contributed by atoms with van der Waals surface area (Å²) in [4.78, 5) is 11.0. The van der Waals surface area contributed by atoms with Crippen molar-refractivity contribution in [2.75, 3.05) is 0 Å². The van der Waals surface area contributed by atoms with E-state index in [2.05, 4.69) is 18.8 Å². The van der Waals surface area contributed by atoms with Crippen molar-refractivity contribution in [2.24, 2.45) is 0 Å². The zero-order valence-corrected chi connectivity index (χ0v) is 10.7. The molecular weight excluding hydrogens is 231 g/mol. The van der Waals surface area contributed by atoms with Crippen LogP contribution in [0.4, 0.5) is 4.39 Å². The fourth-order valence-electron chi connectivity index (χ4n) is 1.41. The van der Waals surface area contributed by atoms with Crippen molar-refractivity contribution in [3.63, 3.8) is 0 Å². The van der Waals surface area contributed by atoms with Crippen LogP contribution in [0.5, 0.6) is 0 Å². The van der Waals surface area contributed by atoms with Gasteiger partial charge in [-0.15, -0.1) is 0 Å². The number of carbonyl (C=O) groups is 1. The Balaban J connectivity index is 2.79. The highest BCUT2D eigenvalue weighted by Crippen LogP contribution is 2.17. The summed E-state index contributed by atoms with van der Waals surface area (Å²) in [6.45, 7) is 3.43. The van der Waals surface area contributed by atoms with Crippen molar-refractivity contribution >= 4 is 5.97 Å². The van der Waals surface area contributed by atoms with Crippen molar-refractivity contribution < 1.29 is 13.9 Å². The smallest absolute Gasteiger partial charge is 0.304 e. The van der Waals surface area contributed by atoms with Gasteiger partial charge in [0.25, 0.3) is 0 Å². The van der Waals surface area contributed by atoms with E-state index in [0.717, 1.165) is 19.3 Å². The number of ether oxygens (including phenoxy) is 1. The quantitative estimate of drug-likeness (QED) is 0.462. The van der Waals surface area contributed by atoms with E-state index in [9.17, 15) is 9.18 Å². The third-order valence-electron chi connectivity index (χ3n) is 2.35. The lowest BCUT2D eigenvalue weighted by Gasteiger charge is -2.11. The van der Waals surface area contributed by atoms with E-state index < -0.39 is 12.1 Å². The van der Waals surface area contributed by atoms with Gasteiger partial charge in [0.1, 0.15) is 5.82 Å². The Kier molecular flexibility index (Phi) is 5.93. The van der Waals surface area contributed by atoms with Crippen LogP contribution in [-0.4, -0.2) is 5.97 Å². The number of rotatable bonds is 4. The molecule has 0 heterocycles. The van der Waals surface area contributed by atoms with E-state index in [1.54, 1.807) is 12.1 Å². The van der Waals surface area contributed by atoms with E-state index in [1.165, 1.54) is 19.1 Å². The minimum absolute atomic E-state index is 0.320. The van der Waals surface area contributed by atoms with Crippen LogP contribution in [0.15, 0.2) is 24.3 Å². The molecule has 1 atom stereocenters. The van der Waals surface area contributed by atoms with Crippen LogP contribution in [0.1, 0.15) is 44.8 Å². The van der Waals surface area contributed by atoms with Gasteiger partial charge in [-0.2, -0.15) is 0 Å². The molecule has 3 heteroatoms. The zero-order valence-electron chi connectivity index (χ0n) is 10.7. The zero-order chi connectivity index (χ0) is 13.4. The van der Waals surface area contributed by atoms with Crippen LogP contribution in [0, 0.1) is 17.7 Å². The molecule has 0 aliphatic rings. The molecule has 0 saturated heterocycles. The van der Waals surface area contributed by atoms with Crippen molar-refractivity contribution in [3.8, 4) is 11.8 Å². The third-order valence-corrected chi connectivity index (χ3v) is 2.35. The van der Waals surface area contributed by atoms with Gasteiger partial charge in [-0.1, -0.05) is 37.3 Å². The molecule has 0 saturated carbocycles. The van der Waals surface area contributed by atoms with Crippen LogP contribution in [0.25, 0.3) is 0 Å². The molecule has 0 amide bonds. The monoisotopic (exact) mass is 248 g/mol. The molecule has 0 N–H and O–H groups in total. The minimum atomic E-state index is -0.611. The van der Waals surface area contributed by atoms with Crippen LogP contribution < -0.4 is 0 Å². The molecule has 0 bridgehead atoms. The Bertz CT molecular complexity index is 440. The fourth-order valence-corrected chi connectivity index (χ4v) is 1.41. The Labute approximate surface area is 107 Å². The molecule has 1 rings (SSSR count). The number of hydrogen-bond acceptors (Lipinski definition) is 2. The van der Waals surface area contributed by atoms with Crippen molar-refractivity contribution in [2.45, 2.75) is 39.2 Å². The van der Waals surface area contributed by atoms with Crippen LogP contribution >= 0.6 is 0 Å². The molecule has 96 valence electrons. The molecule has 1 aromatic rings. The Morgan fingerprint density at radius 2 is 2.06 bits per heavy atom. The lowest BCUT2D eigenvalue weighted by atomic mass is 10.1. The molecule has 1 unspecified atom stereocenters.